The van der Waals surface area contributed by atoms with Crippen molar-refractivity contribution in [2.45, 2.75) is 25.4 Å². The molecule has 58 valence electrons. The summed E-state index contributed by atoms with van der Waals surface area (Å²) in [5.74, 6) is 0. The minimum Gasteiger partial charge on any atom is -0.297 e. The van der Waals surface area contributed by atoms with Gasteiger partial charge < -0.3 is 0 Å². The van der Waals surface area contributed by atoms with Crippen LogP contribution in [0, 0.1) is 10.1 Å². The van der Waals surface area contributed by atoms with Crippen LogP contribution in [0.3, 0.4) is 0 Å². The molecule has 0 aromatic heterocycles. The molecule has 0 N–H and O–H groups in total. The van der Waals surface area contributed by atoms with Crippen molar-refractivity contribution in [2.24, 2.45) is 0 Å². The number of nitro groups is 1. The van der Waals surface area contributed by atoms with Gasteiger partial charge in [-0.3, -0.25) is 15.0 Å². The minimum atomic E-state index is -0.333. The van der Waals surface area contributed by atoms with Crippen molar-refractivity contribution in [3.05, 3.63) is 10.1 Å². The molecule has 0 bridgehead atoms. The number of likely N-dealkylation sites (N-methyl/N-ethyl adjacent to an activating group) is 1. The Morgan fingerprint density at radius 1 is 1.70 bits per heavy atom. The number of hydrogen-bond acceptors (Lipinski definition) is 3. The molecule has 0 aliphatic carbocycles. The molecule has 10 heavy (non-hydrogen) atoms. The van der Waals surface area contributed by atoms with E-state index in [1.54, 1.807) is 0 Å². The van der Waals surface area contributed by atoms with Gasteiger partial charge in [-0.25, -0.2) is 0 Å². The van der Waals surface area contributed by atoms with Gasteiger partial charge >= 0.3 is 0 Å². The maximum atomic E-state index is 10.3. The van der Waals surface area contributed by atoms with Gasteiger partial charge in [0.2, 0.25) is 6.04 Å². The van der Waals surface area contributed by atoms with Gasteiger partial charge in [-0.2, -0.15) is 0 Å². The van der Waals surface area contributed by atoms with Gasteiger partial charge in [-0.05, 0) is 14.0 Å². The highest BCUT2D eigenvalue weighted by Gasteiger charge is 2.33. The lowest BCUT2D eigenvalue weighted by molar-refractivity contribution is -0.518. The largest absolute Gasteiger partial charge is 0.297 e. The predicted octanol–water partition coefficient (Wildman–Crippen LogP) is 0.356. The molecule has 4 heteroatoms. The van der Waals surface area contributed by atoms with Crippen molar-refractivity contribution in [3.8, 4) is 0 Å². The van der Waals surface area contributed by atoms with Crippen LogP contribution in [0.25, 0.3) is 0 Å². The molecular weight excluding hydrogens is 132 g/mol. The average molecular weight is 144 g/mol. The van der Waals surface area contributed by atoms with Gasteiger partial charge in [-0.1, -0.05) is 0 Å². The maximum absolute atomic E-state index is 10.3. The highest BCUT2D eigenvalue weighted by molar-refractivity contribution is 4.79. The normalized spacial score (nSPS) is 34.6. The number of likely N-dealkylation sites (tertiary alicyclic amines) is 1. The maximum Gasteiger partial charge on any atom is 0.227 e. The molecule has 1 heterocycles. The summed E-state index contributed by atoms with van der Waals surface area (Å²) in [6.45, 7) is 2.62. The zero-order valence-corrected chi connectivity index (χ0v) is 6.28. The topological polar surface area (TPSA) is 46.4 Å². The van der Waals surface area contributed by atoms with Crippen LogP contribution in [-0.2, 0) is 0 Å². The van der Waals surface area contributed by atoms with Crippen LogP contribution in [0.1, 0.15) is 13.3 Å². The summed E-state index contributed by atoms with van der Waals surface area (Å²) in [7, 11) is 1.92. The molecule has 1 aliphatic heterocycles. The van der Waals surface area contributed by atoms with E-state index in [2.05, 4.69) is 0 Å². The molecule has 1 saturated heterocycles. The molecule has 1 fully saturated rings. The van der Waals surface area contributed by atoms with Crippen LogP contribution in [0.15, 0.2) is 0 Å². The highest BCUT2D eigenvalue weighted by Crippen LogP contribution is 2.16. The van der Waals surface area contributed by atoms with Gasteiger partial charge in [0.1, 0.15) is 0 Å². The van der Waals surface area contributed by atoms with Crippen molar-refractivity contribution in [3.63, 3.8) is 0 Å². The van der Waals surface area contributed by atoms with Crippen LogP contribution in [-0.4, -0.2) is 35.5 Å². The lowest BCUT2D eigenvalue weighted by Crippen LogP contribution is -2.24. The van der Waals surface area contributed by atoms with Crippen LogP contribution in [0.4, 0.5) is 0 Å². The second kappa shape index (κ2) is 2.54. The Kier molecular flexibility index (Phi) is 1.89. The van der Waals surface area contributed by atoms with E-state index in [9.17, 15) is 10.1 Å². The highest BCUT2D eigenvalue weighted by atomic mass is 16.6. The SMILES string of the molecule is CC1CC([N+](=O)[O-])CN1C. The molecule has 1 rings (SSSR count). The molecule has 0 aromatic carbocycles. The molecule has 2 atom stereocenters. The summed E-state index contributed by atoms with van der Waals surface area (Å²) >= 11 is 0. The van der Waals surface area contributed by atoms with Crippen LogP contribution in [0.2, 0.25) is 0 Å². The Balaban J connectivity index is 2.49. The zero-order chi connectivity index (χ0) is 7.72. The van der Waals surface area contributed by atoms with Crippen molar-refractivity contribution in [1.82, 2.24) is 4.90 Å². The first-order valence-corrected chi connectivity index (χ1v) is 3.45. The van der Waals surface area contributed by atoms with Gasteiger partial charge in [0.15, 0.2) is 0 Å². The van der Waals surface area contributed by atoms with Crippen LogP contribution >= 0.6 is 0 Å². The van der Waals surface area contributed by atoms with E-state index >= 15 is 0 Å². The standard InChI is InChI=1S/C6H12N2O2/c1-5-3-6(8(9)10)4-7(5)2/h5-6H,3-4H2,1-2H3. The Morgan fingerprint density at radius 2 is 2.30 bits per heavy atom. The smallest absolute Gasteiger partial charge is 0.227 e. The van der Waals surface area contributed by atoms with Crippen molar-refractivity contribution >= 4 is 0 Å². The van der Waals surface area contributed by atoms with Crippen molar-refractivity contribution in [1.29, 1.82) is 0 Å². The third kappa shape index (κ3) is 1.26. The fraction of sp³-hybridized carbons (Fsp3) is 1.00. The van der Waals surface area contributed by atoms with Crippen molar-refractivity contribution in [2.75, 3.05) is 13.6 Å². The van der Waals surface area contributed by atoms with E-state index in [0.29, 0.717) is 19.0 Å². The summed E-state index contributed by atoms with van der Waals surface area (Å²) in [5.41, 5.74) is 0. The molecule has 1 aliphatic rings. The van der Waals surface area contributed by atoms with E-state index in [-0.39, 0.29) is 11.0 Å². The minimum absolute atomic E-state index is 0.181. The van der Waals surface area contributed by atoms with Gasteiger partial charge in [0.05, 0.1) is 6.54 Å². The van der Waals surface area contributed by atoms with Crippen molar-refractivity contribution < 1.29 is 4.92 Å². The first kappa shape index (κ1) is 7.47. The third-order valence-corrected chi connectivity index (χ3v) is 2.16. The molecule has 0 amide bonds. The van der Waals surface area contributed by atoms with E-state index in [1.807, 2.05) is 18.9 Å². The Labute approximate surface area is 60.0 Å². The molecule has 2 unspecified atom stereocenters. The second-order valence-corrected chi connectivity index (χ2v) is 2.96. The molecule has 0 spiro atoms. The first-order valence-electron chi connectivity index (χ1n) is 3.45. The molecule has 4 nitrogen and oxygen atoms in total. The van der Waals surface area contributed by atoms with E-state index in [0.717, 1.165) is 0 Å². The van der Waals surface area contributed by atoms with E-state index < -0.39 is 0 Å². The van der Waals surface area contributed by atoms with Crippen LogP contribution in [0.5, 0.6) is 0 Å². The summed E-state index contributed by atoms with van der Waals surface area (Å²) in [5, 5.41) is 10.3. The summed E-state index contributed by atoms with van der Waals surface area (Å²) < 4.78 is 0. The molecule has 0 radical (unpaired) electrons. The Morgan fingerprint density at radius 3 is 2.50 bits per heavy atom. The zero-order valence-electron chi connectivity index (χ0n) is 6.28. The fourth-order valence-electron chi connectivity index (χ4n) is 1.31. The Hall–Kier alpha value is -0.640. The van der Waals surface area contributed by atoms with Crippen LogP contribution < -0.4 is 0 Å². The molecule has 0 saturated carbocycles. The summed E-state index contributed by atoms with van der Waals surface area (Å²) in [6, 6.07) is 0.0374. The predicted molar refractivity (Wildman–Crippen MR) is 37.5 cm³/mol. The monoisotopic (exact) mass is 144 g/mol. The van der Waals surface area contributed by atoms with Gasteiger partial charge in [0, 0.05) is 17.4 Å². The summed E-state index contributed by atoms with van der Waals surface area (Å²) in [4.78, 5) is 12.1. The lowest BCUT2D eigenvalue weighted by atomic mass is 10.2. The third-order valence-electron chi connectivity index (χ3n) is 2.16. The summed E-state index contributed by atoms with van der Waals surface area (Å²) in [6.07, 6.45) is 0.698. The molecular formula is C6H12N2O2. The Bertz CT molecular complexity index is 139. The first-order chi connectivity index (χ1) is 4.61. The molecule has 0 aromatic rings. The van der Waals surface area contributed by atoms with E-state index in [1.165, 1.54) is 0 Å². The lowest BCUT2D eigenvalue weighted by Gasteiger charge is -2.10. The van der Waals surface area contributed by atoms with E-state index in [4.69, 9.17) is 0 Å². The van der Waals surface area contributed by atoms with Gasteiger partial charge in [0.25, 0.3) is 0 Å². The number of hydrogen-bond donors (Lipinski definition) is 0. The number of nitrogens with zero attached hydrogens (tertiary/aromatic N) is 2. The average Bonchev–Trinajstić information content (AvgIpc) is 2.13. The fourth-order valence-corrected chi connectivity index (χ4v) is 1.31. The number of rotatable bonds is 1. The second-order valence-electron chi connectivity index (χ2n) is 2.96. The quantitative estimate of drug-likeness (QED) is 0.394. The van der Waals surface area contributed by atoms with Gasteiger partial charge in [-0.15, -0.1) is 0 Å².